The van der Waals surface area contributed by atoms with E-state index in [1.807, 2.05) is 19.9 Å². The van der Waals surface area contributed by atoms with Crippen molar-refractivity contribution in [1.29, 1.82) is 0 Å². The summed E-state index contributed by atoms with van der Waals surface area (Å²) in [6.07, 6.45) is 2.16. The number of aliphatic carboxylic acids is 1. The number of hydrogen-bond donors (Lipinski definition) is 1. The molecule has 1 aromatic heterocycles. The van der Waals surface area contributed by atoms with Crippen LogP contribution in [0.1, 0.15) is 37.7 Å². The van der Waals surface area contributed by atoms with Gasteiger partial charge in [-0.2, -0.15) is 0 Å². The van der Waals surface area contributed by atoms with Crippen molar-refractivity contribution in [2.45, 2.75) is 32.6 Å². The Labute approximate surface area is 83.0 Å². The van der Waals surface area contributed by atoms with Crippen LogP contribution in [0.15, 0.2) is 12.3 Å². The van der Waals surface area contributed by atoms with Crippen LogP contribution in [0.3, 0.4) is 0 Å². The lowest BCUT2D eigenvalue weighted by Crippen LogP contribution is -2.04. The van der Waals surface area contributed by atoms with E-state index in [0.29, 0.717) is 18.2 Å². The molecule has 0 spiro atoms. The fourth-order valence-electron chi connectivity index (χ4n) is 1.08. The Balaban J connectivity index is 2.68. The van der Waals surface area contributed by atoms with Gasteiger partial charge in [-0.15, -0.1) is 0 Å². The van der Waals surface area contributed by atoms with Crippen molar-refractivity contribution in [2.75, 3.05) is 0 Å². The molecule has 0 aliphatic carbocycles. The third-order valence-electron chi connectivity index (χ3n) is 1.88. The summed E-state index contributed by atoms with van der Waals surface area (Å²) in [7, 11) is 0. The summed E-state index contributed by atoms with van der Waals surface area (Å²) >= 11 is 0. The molecule has 0 bridgehead atoms. The van der Waals surface area contributed by atoms with Crippen molar-refractivity contribution in [3.8, 4) is 0 Å². The van der Waals surface area contributed by atoms with Crippen molar-refractivity contribution >= 4 is 5.97 Å². The van der Waals surface area contributed by atoms with Crippen molar-refractivity contribution in [1.82, 2.24) is 9.97 Å². The Morgan fingerprint density at radius 2 is 2.29 bits per heavy atom. The van der Waals surface area contributed by atoms with E-state index in [2.05, 4.69) is 9.97 Å². The first-order valence-electron chi connectivity index (χ1n) is 4.63. The fourth-order valence-corrected chi connectivity index (χ4v) is 1.08. The summed E-state index contributed by atoms with van der Waals surface area (Å²) < 4.78 is 0. The van der Waals surface area contributed by atoms with E-state index in [9.17, 15) is 4.79 Å². The monoisotopic (exact) mass is 194 g/mol. The van der Waals surface area contributed by atoms with Gasteiger partial charge in [0.05, 0.1) is 6.42 Å². The first-order chi connectivity index (χ1) is 6.59. The SMILES string of the molecule is CC(C)c1ccnc(CCC(=O)O)n1. The van der Waals surface area contributed by atoms with E-state index in [1.54, 1.807) is 6.20 Å². The highest BCUT2D eigenvalue weighted by Crippen LogP contribution is 2.10. The van der Waals surface area contributed by atoms with Crippen LogP contribution in [0, 0.1) is 0 Å². The van der Waals surface area contributed by atoms with Crippen LogP contribution in [0.2, 0.25) is 0 Å². The summed E-state index contributed by atoms with van der Waals surface area (Å²) in [6.45, 7) is 4.09. The zero-order chi connectivity index (χ0) is 10.6. The minimum absolute atomic E-state index is 0.0849. The summed E-state index contributed by atoms with van der Waals surface area (Å²) in [5.74, 6) is 0.142. The predicted molar refractivity (Wildman–Crippen MR) is 52.1 cm³/mol. The Bertz CT molecular complexity index is 324. The first-order valence-corrected chi connectivity index (χ1v) is 4.63. The average molecular weight is 194 g/mol. The second-order valence-corrected chi connectivity index (χ2v) is 3.45. The van der Waals surface area contributed by atoms with Crippen LogP contribution >= 0.6 is 0 Å². The Morgan fingerprint density at radius 3 is 2.86 bits per heavy atom. The van der Waals surface area contributed by atoms with Gasteiger partial charge in [-0.25, -0.2) is 9.97 Å². The van der Waals surface area contributed by atoms with Crippen LogP contribution in [0.5, 0.6) is 0 Å². The molecule has 0 fully saturated rings. The van der Waals surface area contributed by atoms with Gasteiger partial charge < -0.3 is 5.11 Å². The number of rotatable bonds is 4. The average Bonchev–Trinajstić information content (AvgIpc) is 2.15. The molecule has 0 aliphatic rings. The lowest BCUT2D eigenvalue weighted by Gasteiger charge is -2.04. The summed E-state index contributed by atoms with van der Waals surface area (Å²) in [4.78, 5) is 18.6. The van der Waals surface area contributed by atoms with E-state index >= 15 is 0 Å². The molecule has 1 aromatic rings. The molecule has 0 aliphatic heterocycles. The molecule has 0 radical (unpaired) electrons. The highest BCUT2D eigenvalue weighted by molar-refractivity contribution is 5.66. The topological polar surface area (TPSA) is 63.1 Å². The van der Waals surface area contributed by atoms with E-state index in [1.165, 1.54) is 0 Å². The van der Waals surface area contributed by atoms with Gasteiger partial charge in [-0.1, -0.05) is 13.8 Å². The van der Waals surface area contributed by atoms with E-state index in [0.717, 1.165) is 5.69 Å². The van der Waals surface area contributed by atoms with Gasteiger partial charge in [-0.3, -0.25) is 4.79 Å². The molecule has 0 unspecified atom stereocenters. The van der Waals surface area contributed by atoms with E-state index in [4.69, 9.17) is 5.11 Å². The summed E-state index contributed by atoms with van der Waals surface area (Å²) in [5.41, 5.74) is 0.959. The number of carboxylic acids is 1. The molecule has 0 atom stereocenters. The number of carboxylic acid groups (broad SMARTS) is 1. The van der Waals surface area contributed by atoms with Crippen molar-refractivity contribution < 1.29 is 9.90 Å². The predicted octanol–water partition coefficient (Wildman–Crippen LogP) is 1.62. The maximum atomic E-state index is 10.3. The molecule has 1 rings (SSSR count). The second-order valence-electron chi connectivity index (χ2n) is 3.45. The zero-order valence-electron chi connectivity index (χ0n) is 8.40. The van der Waals surface area contributed by atoms with Crippen LogP contribution in [0.4, 0.5) is 0 Å². The summed E-state index contributed by atoms with van der Waals surface area (Å²) in [5, 5.41) is 8.50. The zero-order valence-corrected chi connectivity index (χ0v) is 8.40. The van der Waals surface area contributed by atoms with Gasteiger partial charge in [0.1, 0.15) is 5.82 Å². The largest absolute Gasteiger partial charge is 0.481 e. The van der Waals surface area contributed by atoms with Crippen LogP contribution in [-0.4, -0.2) is 21.0 Å². The molecule has 0 saturated carbocycles. The lowest BCUT2D eigenvalue weighted by atomic mass is 10.1. The molecule has 1 N–H and O–H groups in total. The molecule has 4 heteroatoms. The van der Waals surface area contributed by atoms with E-state index in [-0.39, 0.29) is 6.42 Å². The molecule has 1 heterocycles. The maximum Gasteiger partial charge on any atom is 0.303 e. The maximum absolute atomic E-state index is 10.3. The lowest BCUT2D eigenvalue weighted by molar-refractivity contribution is -0.137. The van der Waals surface area contributed by atoms with Crippen LogP contribution in [0.25, 0.3) is 0 Å². The highest BCUT2D eigenvalue weighted by atomic mass is 16.4. The minimum Gasteiger partial charge on any atom is -0.481 e. The van der Waals surface area contributed by atoms with Gasteiger partial charge in [0.25, 0.3) is 0 Å². The second kappa shape index (κ2) is 4.69. The molecule has 0 saturated heterocycles. The smallest absolute Gasteiger partial charge is 0.303 e. The third kappa shape index (κ3) is 3.12. The van der Waals surface area contributed by atoms with Crippen LogP contribution in [-0.2, 0) is 11.2 Å². The number of carbonyl (C=O) groups is 1. The molecule has 14 heavy (non-hydrogen) atoms. The van der Waals surface area contributed by atoms with Gasteiger partial charge >= 0.3 is 5.97 Å². The normalized spacial score (nSPS) is 10.5. The number of hydrogen-bond acceptors (Lipinski definition) is 3. The number of aryl methyl sites for hydroxylation is 1. The Kier molecular flexibility index (Phi) is 3.56. The highest BCUT2D eigenvalue weighted by Gasteiger charge is 2.04. The first kappa shape index (κ1) is 10.6. The van der Waals surface area contributed by atoms with E-state index < -0.39 is 5.97 Å². The standard InChI is InChI=1S/C10H14N2O2/c1-7(2)8-5-6-11-9(12-8)3-4-10(13)14/h5-7H,3-4H2,1-2H3,(H,13,14). The fraction of sp³-hybridized carbons (Fsp3) is 0.500. The molecular formula is C10H14N2O2. The van der Waals surface area contributed by atoms with Crippen LogP contribution < -0.4 is 0 Å². The number of aromatic nitrogens is 2. The van der Waals surface area contributed by atoms with Gasteiger partial charge in [0.15, 0.2) is 0 Å². The molecule has 0 aromatic carbocycles. The van der Waals surface area contributed by atoms with Gasteiger partial charge in [0.2, 0.25) is 0 Å². The Hall–Kier alpha value is -1.45. The minimum atomic E-state index is -0.816. The van der Waals surface area contributed by atoms with Gasteiger partial charge in [-0.05, 0) is 12.0 Å². The quantitative estimate of drug-likeness (QED) is 0.791. The summed E-state index contributed by atoms with van der Waals surface area (Å²) in [6, 6.07) is 1.86. The van der Waals surface area contributed by atoms with Crippen molar-refractivity contribution in [2.24, 2.45) is 0 Å². The van der Waals surface area contributed by atoms with Crippen molar-refractivity contribution in [3.63, 3.8) is 0 Å². The Morgan fingerprint density at radius 1 is 1.57 bits per heavy atom. The molecule has 76 valence electrons. The van der Waals surface area contributed by atoms with Gasteiger partial charge in [0, 0.05) is 18.3 Å². The number of nitrogens with zero attached hydrogens (tertiary/aromatic N) is 2. The molecule has 0 amide bonds. The molecule has 4 nitrogen and oxygen atoms in total. The van der Waals surface area contributed by atoms with Crippen molar-refractivity contribution in [3.05, 3.63) is 23.8 Å². The molecular weight excluding hydrogens is 180 g/mol. The third-order valence-corrected chi connectivity index (χ3v) is 1.88.